The summed E-state index contributed by atoms with van der Waals surface area (Å²) in [7, 11) is 1.73. The Morgan fingerprint density at radius 1 is 1.64 bits per heavy atom. The zero-order valence-electron chi connectivity index (χ0n) is 7.09. The molecule has 0 N–H and O–H groups in total. The van der Waals surface area contributed by atoms with Gasteiger partial charge in [-0.05, 0) is 19.8 Å². The fourth-order valence-electron chi connectivity index (χ4n) is 2.12. The van der Waals surface area contributed by atoms with E-state index >= 15 is 0 Å². The first-order valence-electron chi connectivity index (χ1n) is 4.03. The summed E-state index contributed by atoms with van der Waals surface area (Å²) in [6.07, 6.45) is 4.29. The fraction of sp³-hybridized carbons (Fsp3) is 0.778. The Labute approximate surface area is 67.2 Å². The van der Waals surface area contributed by atoms with E-state index in [1.165, 1.54) is 0 Å². The number of hydrogen-bond donors (Lipinski definition) is 0. The van der Waals surface area contributed by atoms with E-state index in [1.807, 2.05) is 6.08 Å². The van der Waals surface area contributed by atoms with Crippen LogP contribution in [0.25, 0.3) is 0 Å². The molecule has 0 radical (unpaired) electrons. The average Bonchev–Trinajstić information content (AvgIpc) is 2.61. The lowest BCUT2D eigenvalue weighted by atomic mass is 10.0. The Bertz CT molecular complexity index is 202. The van der Waals surface area contributed by atoms with Gasteiger partial charge < -0.3 is 9.47 Å². The van der Waals surface area contributed by atoms with Gasteiger partial charge in [-0.25, -0.2) is 0 Å². The summed E-state index contributed by atoms with van der Waals surface area (Å²) >= 11 is 0. The van der Waals surface area contributed by atoms with Crippen molar-refractivity contribution in [2.75, 3.05) is 7.11 Å². The summed E-state index contributed by atoms with van der Waals surface area (Å²) in [5, 5.41) is 0. The highest BCUT2D eigenvalue weighted by atomic mass is 16.6. The highest BCUT2D eigenvalue weighted by Crippen LogP contribution is 2.56. The zero-order valence-corrected chi connectivity index (χ0v) is 7.09. The van der Waals surface area contributed by atoms with E-state index in [1.54, 1.807) is 7.11 Å². The van der Waals surface area contributed by atoms with Crippen LogP contribution >= 0.6 is 0 Å². The number of epoxide rings is 1. The highest BCUT2D eigenvalue weighted by molar-refractivity contribution is 5.23. The number of hydrogen-bond acceptors (Lipinski definition) is 2. The van der Waals surface area contributed by atoms with Crippen LogP contribution in [-0.2, 0) is 9.47 Å². The minimum atomic E-state index is -0.186. The summed E-state index contributed by atoms with van der Waals surface area (Å²) in [5.41, 5.74) is -0.0844. The molecule has 0 spiro atoms. The van der Waals surface area contributed by atoms with Crippen LogP contribution in [0.3, 0.4) is 0 Å². The first kappa shape index (κ1) is 7.32. The lowest BCUT2D eigenvalue weighted by Crippen LogP contribution is -2.32. The summed E-state index contributed by atoms with van der Waals surface area (Å²) in [6.45, 7) is 5.93. The van der Waals surface area contributed by atoms with E-state index in [4.69, 9.17) is 9.47 Å². The summed E-state index contributed by atoms with van der Waals surface area (Å²) in [6, 6.07) is 0. The molecule has 1 saturated carbocycles. The Balaban J connectivity index is 2.22. The minimum absolute atomic E-state index is 0.101. The van der Waals surface area contributed by atoms with Gasteiger partial charge in [-0.3, -0.25) is 0 Å². The Kier molecular flexibility index (Phi) is 1.25. The first-order valence-corrected chi connectivity index (χ1v) is 4.03. The van der Waals surface area contributed by atoms with Gasteiger partial charge in [0.25, 0.3) is 0 Å². The van der Waals surface area contributed by atoms with Crippen LogP contribution in [0.5, 0.6) is 0 Å². The SMILES string of the molecule is C=C[C@@]1(OC)CC[C@]2(C)O[C@H]12. The van der Waals surface area contributed by atoms with Gasteiger partial charge in [0.1, 0.15) is 11.7 Å². The molecule has 11 heavy (non-hydrogen) atoms. The van der Waals surface area contributed by atoms with Crippen LogP contribution in [-0.4, -0.2) is 24.4 Å². The molecule has 0 amide bonds. The molecule has 0 aromatic carbocycles. The van der Waals surface area contributed by atoms with Crippen LogP contribution in [0.4, 0.5) is 0 Å². The monoisotopic (exact) mass is 154 g/mol. The molecule has 0 aromatic rings. The normalized spacial score (nSPS) is 53.8. The van der Waals surface area contributed by atoms with E-state index in [0.29, 0.717) is 0 Å². The lowest BCUT2D eigenvalue weighted by Gasteiger charge is -2.23. The highest BCUT2D eigenvalue weighted by Gasteiger charge is 2.67. The molecule has 0 unspecified atom stereocenters. The number of fused-ring (bicyclic) bond motifs is 1. The van der Waals surface area contributed by atoms with Crippen LogP contribution in [0.2, 0.25) is 0 Å². The van der Waals surface area contributed by atoms with Crippen molar-refractivity contribution in [1.82, 2.24) is 0 Å². The Morgan fingerprint density at radius 2 is 2.36 bits per heavy atom. The quantitative estimate of drug-likeness (QED) is 0.444. The van der Waals surface area contributed by atoms with E-state index < -0.39 is 0 Å². The first-order chi connectivity index (χ1) is 5.17. The second-order valence-electron chi connectivity index (χ2n) is 3.67. The van der Waals surface area contributed by atoms with Crippen molar-refractivity contribution >= 4 is 0 Å². The lowest BCUT2D eigenvalue weighted by molar-refractivity contribution is 0.000330. The van der Waals surface area contributed by atoms with Crippen LogP contribution < -0.4 is 0 Å². The van der Waals surface area contributed by atoms with Crippen molar-refractivity contribution in [1.29, 1.82) is 0 Å². The van der Waals surface area contributed by atoms with Gasteiger partial charge in [0.05, 0.1) is 5.60 Å². The second-order valence-corrected chi connectivity index (χ2v) is 3.67. The maximum Gasteiger partial charge on any atom is 0.119 e. The predicted molar refractivity (Wildman–Crippen MR) is 42.4 cm³/mol. The maximum atomic E-state index is 5.54. The number of methoxy groups -OCH3 is 1. The number of rotatable bonds is 2. The van der Waals surface area contributed by atoms with E-state index in [2.05, 4.69) is 13.5 Å². The molecular formula is C9H14O2. The van der Waals surface area contributed by atoms with E-state index in [0.717, 1.165) is 12.8 Å². The Hall–Kier alpha value is -0.340. The average molecular weight is 154 g/mol. The smallest absolute Gasteiger partial charge is 0.119 e. The van der Waals surface area contributed by atoms with Gasteiger partial charge in [-0.1, -0.05) is 6.08 Å². The van der Waals surface area contributed by atoms with Gasteiger partial charge >= 0.3 is 0 Å². The molecule has 3 atom stereocenters. The Morgan fingerprint density at radius 3 is 2.55 bits per heavy atom. The molecule has 2 rings (SSSR count). The molecule has 2 nitrogen and oxygen atoms in total. The van der Waals surface area contributed by atoms with Crippen LogP contribution in [0.1, 0.15) is 19.8 Å². The van der Waals surface area contributed by atoms with Crippen molar-refractivity contribution in [3.8, 4) is 0 Å². The molecular weight excluding hydrogens is 140 g/mol. The summed E-state index contributed by atoms with van der Waals surface area (Å²) in [4.78, 5) is 0. The molecule has 1 aliphatic carbocycles. The molecule has 1 saturated heterocycles. The molecule has 1 heterocycles. The second kappa shape index (κ2) is 1.87. The van der Waals surface area contributed by atoms with Crippen molar-refractivity contribution in [3.63, 3.8) is 0 Å². The molecule has 1 aliphatic heterocycles. The fourth-order valence-corrected chi connectivity index (χ4v) is 2.12. The van der Waals surface area contributed by atoms with Crippen molar-refractivity contribution in [3.05, 3.63) is 12.7 Å². The van der Waals surface area contributed by atoms with Crippen LogP contribution in [0.15, 0.2) is 12.7 Å². The van der Waals surface area contributed by atoms with Crippen molar-refractivity contribution in [2.24, 2.45) is 0 Å². The van der Waals surface area contributed by atoms with E-state index in [-0.39, 0.29) is 17.3 Å². The molecule has 0 bridgehead atoms. The topological polar surface area (TPSA) is 21.8 Å². The summed E-state index contributed by atoms with van der Waals surface area (Å²) in [5.74, 6) is 0. The predicted octanol–water partition coefficient (Wildman–Crippen LogP) is 1.51. The molecule has 62 valence electrons. The van der Waals surface area contributed by atoms with Crippen molar-refractivity contribution < 1.29 is 9.47 Å². The third-order valence-corrected chi connectivity index (χ3v) is 3.07. The molecule has 2 aliphatic rings. The van der Waals surface area contributed by atoms with Crippen molar-refractivity contribution in [2.45, 2.75) is 37.1 Å². The van der Waals surface area contributed by atoms with Gasteiger partial charge in [-0.2, -0.15) is 0 Å². The molecule has 2 fully saturated rings. The van der Waals surface area contributed by atoms with Gasteiger partial charge in [0, 0.05) is 7.11 Å². The van der Waals surface area contributed by atoms with Gasteiger partial charge in [0.2, 0.25) is 0 Å². The standard InChI is InChI=1S/C9H14O2/c1-4-9(10-3)6-5-8(2)7(9)11-8/h4,7H,1,5-6H2,2-3H3/t7-,8-,9+/m0/s1. The van der Waals surface area contributed by atoms with Gasteiger partial charge in [0.15, 0.2) is 0 Å². The number of ether oxygens (including phenoxy) is 2. The van der Waals surface area contributed by atoms with Gasteiger partial charge in [-0.15, -0.1) is 6.58 Å². The summed E-state index contributed by atoms with van der Waals surface area (Å²) < 4.78 is 11.0. The molecule has 2 heteroatoms. The minimum Gasteiger partial charge on any atom is -0.371 e. The third kappa shape index (κ3) is 0.741. The largest absolute Gasteiger partial charge is 0.371 e. The molecule has 0 aromatic heterocycles. The maximum absolute atomic E-state index is 5.54. The van der Waals surface area contributed by atoms with Crippen LogP contribution in [0, 0.1) is 0 Å². The third-order valence-electron chi connectivity index (χ3n) is 3.07. The zero-order chi connectivity index (χ0) is 8.11. The van der Waals surface area contributed by atoms with E-state index in [9.17, 15) is 0 Å².